The van der Waals surface area contributed by atoms with E-state index in [0.29, 0.717) is 6.42 Å². The average molecular weight is 300 g/mol. The molecule has 0 aromatic heterocycles. The van der Waals surface area contributed by atoms with E-state index in [4.69, 9.17) is 10.8 Å². The van der Waals surface area contributed by atoms with Gasteiger partial charge in [0.2, 0.25) is 10.0 Å². The molecule has 0 aliphatic rings. The Balaban J connectivity index is 3.50. The molecule has 0 heterocycles. The van der Waals surface area contributed by atoms with E-state index in [2.05, 4.69) is 0 Å². The summed E-state index contributed by atoms with van der Waals surface area (Å²) >= 11 is 0. The van der Waals surface area contributed by atoms with Gasteiger partial charge in [0.15, 0.2) is 0 Å². The first kappa shape index (κ1) is 16.5. The molecule has 0 radical (unpaired) electrons. The molecule has 1 rings (SSSR count). The van der Waals surface area contributed by atoms with Crippen LogP contribution in [-0.2, 0) is 10.0 Å². The monoisotopic (exact) mass is 300 g/mol. The molecule has 0 aliphatic carbocycles. The highest BCUT2D eigenvalue weighted by atomic mass is 32.2. The maximum atomic E-state index is 12.6. The van der Waals surface area contributed by atoms with Crippen molar-refractivity contribution in [2.75, 3.05) is 12.8 Å². The van der Waals surface area contributed by atoms with Crippen molar-refractivity contribution in [2.24, 2.45) is 0 Å². The maximum Gasteiger partial charge on any atom is 0.337 e. The Hall–Kier alpha value is -1.60. The van der Waals surface area contributed by atoms with Crippen LogP contribution >= 0.6 is 0 Å². The predicted molar refractivity (Wildman–Crippen MR) is 77.1 cm³/mol. The number of carboxylic acid groups (broad SMARTS) is 1. The summed E-state index contributed by atoms with van der Waals surface area (Å²) < 4.78 is 26.4. The van der Waals surface area contributed by atoms with Crippen LogP contribution in [0.15, 0.2) is 23.1 Å². The van der Waals surface area contributed by atoms with Crippen LogP contribution in [0.5, 0.6) is 0 Å². The van der Waals surface area contributed by atoms with Gasteiger partial charge in [0.1, 0.15) is 0 Å². The van der Waals surface area contributed by atoms with Crippen LogP contribution in [0.25, 0.3) is 0 Å². The quantitative estimate of drug-likeness (QED) is 0.807. The molecule has 0 atom stereocenters. The number of carboxylic acids is 1. The molecule has 1 aromatic carbocycles. The van der Waals surface area contributed by atoms with E-state index in [1.54, 1.807) is 13.8 Å². The summed E-state index contributed by atoms with van der Waals surface area (Å²) in [6.45, 7) is 5.41. The lowest BCUT2D eigenvalue weighted by atomic mass is 10.0. The van der Waals surface area contributed by atoms with Crippen LogP contribution < -0.4 is 5.73 Å². The third-order valence-corrected chi connectivity index (χ3v) is 5.70. The number of hydrogen-bond acceptors (Lipinski definition) is 4. The molecule has 6 nitrogen and oxygen atoms in total. The summed E-state index contributed by atoms with van der Waals surface area (Å²) in [6, 6.07) is 3.76. The van der Waals surface area contributed by atoms with Gasteiger partial charge in [0, 0.05) is 18.3 Å². The van der Waals surface area contributed by atoms with Crippen molar-refractivity contribution in [2.45, 2.75) is 37.6 Å². The number of rotatable bonds is 5. The first-order valence-corrected chi connectivity index (χ1v) is 7.60. The third-order valence-electron chi connectivity index (χ3n) is 3.59. The summed E-state index contributed by atoms with van der Waals surface area (Å²) in [4.78, 5) is 10.9. The number of benzene rings is 1. The van der Waals surface area contributed by atoms with Gasteiger partial charge >= 0.3 is 5.97 Å². The van der Waals surface area contributed by atoms with Gasteiger partial charge in [0.25, 0.3) is 0 Å². The van der Waals surface area contributed by atoms with Crippen molar-refractivity contribution in [3.63, 3.8) is 0 Å². The first-order chi connectivity index (χ1) is 9.04. The number of carbonyl (C=O) groups is 1. The molecule has 1 aromatic rings. The van der Waals surface area contributed by atoms with Crippen molar-refractivity contribution in [1.29, 1.82) is 0 Å². The van der Waals surface area contributed by atoms with Crippen molar-refractivity contribution < 1.29 is 18.3 Å². The van der Waals surface area contributed by atoms with Crippen molar-refractivity contribution in [3.8, 4) is 0 Å². The van der Waals surface area contributed by atoms with E-state index in [0.717, 1.165) is 0 Å². The van der Waals surface area contributed by atoms with Gasteiger partial charge in [-0.25, -0.2) is 13.2 Å². The van der Waals surface area contributed by atoms with E-state index in [1.807, 2.05) is 6.92 Å². The largest absolute Gasteiger partial charge is 0.478 e. The van der Waals surface area contributed by atoms with Crippen LogP contribution in [-0.4, -0.2) is 36.4 Å². The summed E-state index contributed by atoms with van der Waals surface area (Å²) in [5, 5.41) is 9.14. The summed E-state index contributed by atoms with van der Waals surface area (Å²) in [6.07, 6.45) is 0.591. The summed E-state index contributed by atoms with van der Waals surface area (Å²) in [5.41, 5.74) is 4.89. The highest BCUT2D eigenvalue weighted by molar-refractivity contribution is 7.89. The molecule has 0 bridgehead atoms. The zero-order valence-corrected chi connectivity index (χ0v) is 12.9. The molecule has 0 unspecified atom stereocenters. The number of hydrogen-bond donors (Lipinski definition) is 2. The molecule has 0 aliphatic heterocycles. The SMILES string of the molecule is CCC(C)(C)N(C)S(=O)(=O)c1cc(N)ccc1C(=O)O. The van der Waals surface area contributed by atoms with Crippen LogP contribution in [0.1, 0.15) is 37.6 Å². The average Bonchev–Trinajstić information content (AvgIpc) is 2.37. The maximum absolute atomic E-state index is 12.6. The second kappa shape index (κ2) is 5.41. The van der Waals surface area contributed by atoms with Gasteiger partial charge < -0.3 is 10.8 Å². The fourth-order valence-electron chi connectivity index (χ4n) is 1.62. The Morgan fingerprint density at radius 1 is 1.40 bits per heavy atom. The number of nitrogens with two attached hydrogens (primary N) is 1. The second-order valence-electron chi connectivity index (χ2n) is 5.20. The molecular weight excluding hydrogens is 280 g/mol. The predicted octanol–water partition coefficient (Wildman–Crippen LogP) is 1.78. The highest BCUT2D eigenvalue weighted by Crippen LogP contribution is 2.28. The first-order valence-electron chi connectivity index (χ1n) is 6.16. The Bertz CT molecular complexity index is 623. The van der Waals surface area contributed by atoms with Crippen LogP contribution in [0, 0.1) is 0 Å². The van der Waals surface area contributed by atoms with Crippen molar-refractivity contribution in [3.05, 3.63) is 23.8 Å². The van der Waals surface area contributed by atoms with Gasteiger partial charge in [-0.3, -0.25) is 0 Å². The lowest BCUT2D eigenvalue weighted by molar-refractivity contribution is 0.0692. The molecule has 112 valence electrons. The van der Waals surface area contributed by atoms with Crippen LogP contribution in [0.4, 0.5) is 5.69 Å². The highest BCUT2D eigenvalue weighted by Gasteiger charge is 2.35. The second-order valence-corrected chi connectivity index (χ2v) is 7.14. The minimum absolute atomic E-state index is 0.205. The van der Waals surface area contributed by atoms with Crippen molar-refractivity contribution in [1.82, 2.24) is 4.31 Å². The Kier molecular flexibility index (Phi) is 4.45. The van der Waals surface area contributed by atoms with Crippen molar-refractivity contribution >= 4 is 21.7 Å². The topological polar surface area (TPSA) is 101 Å². The van der Waals surface area contributed by atoms with Gasteiger partial charge in [-0.05, 0) is 38.5 Å². The number of aromatic carboxylic acids is 1. The third kappa shape index (κ3) is 2.94. The van der Waals surface area contributed by atoms with E-state index in [1.165, 1.54) is 29.6 Å². The Labute approximate surface area is 119 Å². The van der Waals surface area contributed by atoms with E-state index in [9.17, 15) is 13.2 Å². The van der Waals surface area contributed by atoms with Crippen LogP contribution in [0.3, 0.4) is 0 Å². The Morgan fingerprint density at radius 3 is 2.40 bits per heavy atom. The molecule has 0 fully saturated rings. The van der Waals surface area contributed by atoms with Gasteiger partial charge in [-0.2, -0.15) is 4.31 Å². The zero-order valence-electron chi connectivity index (χ0n) is 12.0. The minimum Gasteiger partial charge on any atom is -0.478 e. The molecule has 3 N–H and O–H groups in total. The van der Waals surface area contributed by atoms with E-state index >= 15 is 0 Å². The standard InChI is InChI=1S/C13H20N2O4S/c1-5-13(2,3)15(4)20(18,19)11-8-9(14)6-7-10(11)12(16)17/h6-8H,5,14H2,1-4H3,(H,16,17). The molecule has 7 heteroatoms. The smallest absolute Gasteiger partial charge is 0.337 e. The van der Waals surface area contributed by atoms with E-state index in [-0.39, 0.29) is 16.1 Å². The number of sulfonamides is 1. The van der Waals surface area contributed by atoms with Gasteiger partial charge in [-0.15, -0.1) is 0 Å². The number of anilines is 1. The lowest BCUT2D eigenvalue weighted by Gasteiger charge is -2.34. The lowest BCUT2D eigenvalue weighted by Crippen LogP contribution is -2.44. The van der Waals surface area contributed by atoms with Gasteiger partial charge in [0.05, 0.1) is 10.5 Å². The van der Waals surface area contributed by atoms with Gasteiger partial charge in [-0.1, -0.05) is 6.92 Å². The fourth-order valence-corrected chi connectivity index (χ4v) is 3.42. The summed E-state index contributed by atoms with van der Waals surface area (Å²) in [7, 11) is -2.50. The zero-order chi connectivity index (χ0) is 15.7. The molecule has 0 saturated heterocycles. The summed E-state index contributed by atoms with van der Waals surface area (Å²) in [5.74, 6) is -1.30. The Morgan fingerprint density at radius 2 is 1.95 bits per heavy atom. The molecular formula is C13H20N2O4S. The van der Waals surface area contributed by atoms with E-state index < -0.39 is 21.5 Å². The van der Waals surface area contributed by atoms with Crippen LogP contribution in [0.2, 0.25) is 0 Å². The number of nitrogen functional groups attached to an aromatic ring is 1. The molecule has 20 heavy (non-hydrogen) atoms. The molecule has 0 saturated carbocycles. The minimum atomic E-state index is -3.93. The molecule has 0 spiro atoms. The molecule has 0 amide bonds. The fraction of sp³-hybridized carbons (Fsp3) is 0.462. The normalized spacial score (nSPS) is 12.7. The number of nitrogens with zero attached hydrogens (tertiary/aromatic N) is 1.